The number of nitrogen functional groups attached to an aromatic ring is 1. The number of carbonyl (C=O) groups excluding carboxylic acids is 1. The average molecular weight is 705 g/mol. The molecule has 13 heteroatoms. The second kappa shape index (κ2) is 14.8. The number of aromatic nitrogens is 1. The van der Waals surface area contributed by atoms with Gasteiger partial charge in [-0.15, -0.1) is 0 Å². The molecule has 0 radical (unpaired) electrons. The molecule has 0 aliphatic carbocycles. The summed E-state index contributed by atoms with van der Waals surface area (Å²) in [5.41, 5.74) is 7.23. The summed E-state index contributed by atoms with van der Waals surface area (Å²) >= 11 is 0. The third-order valence-corrected chi connectivity index (χ3v) is 10.9. The molecule has 3 N–H and O–H groups in total. The van der Waals surface area contributed by atoms with E-state index in [9.17, 15) is 23.1 Å². The number of hydrogen-bond acceptors (Lipinski definition) is 9. The smallest absolute Gasteiger partial charge is 0.411 e. The van der Waals surface area contributed by atoms with E-state index in [1.54, 1.807) is 73.5 Å². The summed E-state index contributed by atoms with van der Waals surface area (Å²) in [6.45, 7) is 9.54. The van der Waals surface area contributed by atoms with Crippen molar-refractivity contribution < 1.29 is 37.3 Å². The molecule has 50 heavy (non-hydrogen) atoms. The van der Waals surface area contributed by atoms with Crippen LogP contribution in [0.2, 0.25) is 0 Å². The molecule has 0 unspecified atom stereocenters. The number of rotatable bonds is 12. The van der Waals surface area contributed by atoms with Gasteiger partial charge in [0.15, 0.2) is 21.3 Å². The number of fused-ring (bicyclic) bond motifs is 1. The van der Waals surface area contributed by atoms with Crippen LogP contribution in [0.5, 0.6) is 17.2 Å². The number of nitrogens with two attached hydrogens (primary N) is 1. The highest BCUT2D eigenvalue weighted by Crippen LogP contribution is 2.42. The fourth-order valence-electron chi connectivity index (χ4n) is 6.09. The zero-order valence-electron chi connectivity index (χ0n) is 29.1. The Morgan fingerprint density at radius 3 is 2.46 bits per heavy atom. The lowest BCUT2D eigenvalue weighted by Gasteiger charge is -2.31. The van der Waals surface area contributed by atoms with Gasteiger partial charge in [0.2, 0.25) is 6.10 Å². The van der Waals surface area contributed by atoms with Crippen LogP contribution in [0.1, 0.15) is 70.7 Å². The Hall–Kier alpha value is -5.04. The van der Waals surface area contributed by atoms with E-state index in [2.05, 4.69) is 4.98 Å². The molecule has 1 aliphatic rings. The van der Waals surface area contributed by atoms with Crippen LogP contribution in [0.15, 0.2) is 71.8 Å². The second-order valence-corrected chi connectivity index (χ2v) is 15.2. The van der Waals surface area contributed by atoms with E-state index in [-0.39, 0.29) is 16.7 Å². The van der Waals surface area contributed by atoms with E-state index in [0.29, 0.717) is 60.2 Å². The molecule has 1 aromatic heterocycles. The average Bonchev–Trinajstić information content (AvgIpc) is 3.57. The van der Waals surface area contributed by atoms with Crippen LogP contribution in [-0.4, -0.2) is 67.0 Å². The van der Waals surface area contributed by atoms with Crippen molar-refractivity contribution >= 4 is 44.1 Å². The predicted molar refractivity (Wildman–Crippen MR) is 192 cm³/mol. The number of nitrogens with zero attached hydrogens (tertiary/aromatic N) is 3. The highest BCUT2D eigenvalue weighted by Gasteiger charge is 2.39. The van der Waals surface area contributed by atoms with Crippen molar-refractivity contribution in [1.82, 2.24) is 9.88 Å². The van der Waals surface area contributed by atoms with Gasteiger partial charge in [0.1, 0.15) is 11.6 Å². The van der Waals surface area contributed by atoms with Gasteiger partial charge in [-0.2, -0.15) is 0 Å². The van der Waals surface area contributed by atoms with E-state index < -0.39 is 39.2 Å². The van der Waals surface area contributed by atoms with Gasteiger partial charge >= 0.3 is 6.09 Å². The van der Waals surface area contributed by atoms with Crippen LogP contribution in [0, 0.1) is 0 Å². The molecule has 4 aromatic rings. The van der Waals surface area contributed by atoms with Crippen LogP contribution in [0.4, 0.5) is 16.3 Å². The number of amides is 2. The Labute approximate surface area is 292 Å². The lowest BCUT2D eigenvalue weighted by Crippen LogP contribution is -2.37. The quantitative estimate of drug-likeness (QED) is 0.161. The molecule has 2 amide bonds. The third-order valence-electron chi connectivity index (χ3n) is 8.67. The van der Waals surface area contributed by atoms with Gasteiger partial charge in [-0.25, -0.2) is 18.2 Å². The Morgan fingerprint density at radius 2 is 1.78 bits per heavy atom. The highest BCUT2D eigenvalue weighted by molar-refractivity contribution is 7.92. The van der Waals surface area contributed by atoms with Crippen LogP contribution in [0.3, 0.4) is 0 Å². The molecule has 3 aromatic carbocycles. The summed E-state index contributed by atoms with van der Waals surface area (Å²) < 4.78 is 45.7. The molecule has 2 heterocycles. The fraction of sp³-hybridized carbons (Fsp3) is 0.378. The van der Waals surface area contributed by atoms with Crippen LogP contribution in [-0.2, 0) is 14.6 Å². The molecule has 1 saturated heterocycles. The number of likely N-dealkylation sites (tertiary alicyclic amines) is 1. The summed E-state index contributed by atoms with van der Waals surface area (Å²) in [4.78, 5) is 33.6. The first-order chi connectivity index (χ1) is 23.7. The van der Waals surface area contributed by atoms with Crippen molar-refractivity contribution in [3.63, 3.8) is 0 Å². The number of sulfone groups is 1. The summed E-state index contributed by atoms with van der Waals surface area (Å²) in [6, 6.07) is 16.1. The van der Waals surface area contributed by atoms with Crippen LogP contribution >= 0.6 is 0 Å². The number of benzene rings is 3. The normalized spacial score (nSPS) is 15.4. The maximum atomic E-state index is 14.9. The highest BCUT2D eigenvalue weighted by atomic mass is 32.2. The molecule has 12 nitrogen and oxygen atoms in total. The van der Waals surface area contributed by atoms with Gasteiger partial charge in [0.25, 0.3) is 5.91 Å². The summed E-state index contributed by atoms with van der Waals surface area (Å²) in [7, 11) is -2.43. The first kappa shape index (κ1) is 36.2. The lowest BCUT2D eigenvalue weighted by atomic mass is 10.0. The summed E-state index contributed by atoms with van der Waals surface area (Å²) in [5.74, 6) is 1.35. The zero-order valence-corrected chi connectivity index (χ0v) is 29.9. The monoisotopic (exact) mass is 704 g/mol. The zero-order chi connectivity index (χ0) is 36.3. The van der Waals surface area contributed by atoms with Crippen molar-refractivity contribution in [3.05, 3.63) is 78.0 Å². The number of hydrogen-bond donors (Lipinski definition) is 2. The topological polar surface area (TPSA) is 162 Å². The van der Waals surface area contributed by atoms with E-state index in [0.717, 1.165) is 15.7 Å². The molecular weight excluding hydrogens is 660 g/mol. The van der Waals surface area contributed by atoms with Gasteiger partial charge in [0.05, 0.1) is 28.9 Å². The lowest BCUT2D eigenvalue weighted by molar-refractivity contribution is -0.140. The molecule has 266 valence electrons. The summed E-state index contributed by atoms with van der Waals surface area (Å²) in [5, 5.41) is 10.5. The van der Waals surface area contributed by atoms with E-state index in [1.165, 1.54) is 19.2 Å². The minimum absolute atomic E-state index is 0.0618. The minimum Gasteiger partial charge on any atom is -0.490 e. The van der Waals surface area contributed by atoms with E-state index in [1.807, 2.05) is 20.8 Å². The molecular formula is C37H44N4O8S. The first-order valence-electron chi connectivity index (χ1n) is 16.6. The Bertz CT molecular complexity index is 2000. The van der Waals surface area contributed by atoms with Crippen molar-refractivity contribution in [2.45, 2.75) is 75.9 Å². The summed E-state index contributed by atoms with van der Waals surface area (Å²) in [6.07, 6.45) is 0.162. The number of ether oxygens (including phenoxy) is 3. The largest absolute Gasteiger partial charge is 0.490 e. The second-order valence-electron chi connectivity index (χ2n) is 12.7. The third kappa shape index (κ3) is 7.42. The number of pyridine rings is 1. The van der Waals surface area contributed by atoms with Crippen LogP contribution in [0.25, 0.3) is 10.8 Å². The fourth-order valence-corrected chi connectivity index (χ4v) is 7.38. The first-order valence-corrected chi connectivity index (χ1v) is 18.2. The molecule has 0 spiro atoms. The molecule has 0 saturated carbocycles. The van der Waals surface area contributed by atoms with E-state index >= 15 is 0 Å². The van der Waals surface area contributed by atoms with Gasteiger partial charge in [-0.1, -0.05) is 6.07 Å². The van der Waals surface area contributed by atoms with E-state index in [4.69, 9.17) is 19.9 Å². The van der Waals surface area contributed by atoms with Gasteiger partial charge in [-0.3, -0.25) is 9.69 Å². The van der Waals surface area contributed by atoms with Crippen LogP contribution < -0.4 is 24.8 Å². The SMILES string of the molecule is CCOc1cc([C@@H](Oc2ccc3c(N)nccc3c2)C(=O)N2CCC[C@@H]2c2cc(N(C)C(=O)O)ccc2S(=O)(=O)C(C)C)ccc1OC(C)C. The van der Waals surface area contributed by atoms with Crippen molar-refractivity contribution in [1.29, 1.82) is 0 Å². The predicted octanol–water partition coefficient (Wildman–Crippen LogP) is 6.78. The van der Waals surface area contributed by atoms with Crippen molar-refractivity contribution in [2.75, 3.05) is 30.8 Å². The molecule has 0 bridgehead atoms. The number of anilines is 2. The molecule has 1 aliphatic heterocycles. The van der Waals surface area contributed by atoms with Gasteiger partial charge in [-0.05, 0) is 113 Å². The number of carboxylic acid groups (broad SMARTS) is 1. The van der Waals surface area contributed by atoms with Crippen molar-refractivity contribution in [2.24, 2.45) is 0 Å². The Kier molecular flexibility index (Phi) is 10.8. The Balaban J connectivity index is 1.63. The molecule has 2 atom stereocenters. The standard InChI is InChI=1S/C37H44N4O8S/c1-7-47-32-20-25(10-14-31(32)48-22(2)3)34(49-27-12-13-28-24(19-27)16-17-39-35(28)38)36(42)41-18-8-9-30(41)29-21-26(40(6)37(43)44)11-15-33(29)50(45,46)23(4)5/h10-17,19-23,30,34H,7-9,18H2,1-6H3,(H2,38,39)(H,43,44)/t30-,34-/m1/s1. The molecule has 5 rings (SSSR count). The Morgan fingerprint density at radius 1 is 1.02 bits per heavy atom. The minimum atomic E-state index is -3.81. The molecule has 1 fully saturated rings. The maximum absolute atomic E-state index is 14.9. The van der Waals surface area contributed by atoms with Gasteiger partial charge in [0, 0.05) is 36.4 Å². The maximum Gasteiger partial charge on any atom is 0.411 e. The van der Waals surface area contributed by atoms with Gasteiger partial charge < -0.3 is 30.0 Å². The van der Waals surface area contributed by atoms with Crippen molar-refractivity contribution in [3.8, 4) is 17.2 Å². The number of carbonyl (C=O) groups is 2.